The third-order valence-electron chi connectivity index (χ3n) is 4.62. The summed E-state index contributed by atoms with van der Waals surface area (Å²) >= 11 is 1.93. The van der Waals surface area contributed by atoms with Gasteiger partial charge in [-0.05, 0) is 35.3 Å². The Morgan fingerprint density at radius 2 is 2.10 bits per heavy atom. The van der Waals surface area contributed by atoms with Crippen molar-refractivity contribution in [3.63, 3.8) is 0 Å². The molecule has 0 radical (unpaired) electrons. The zero-order valence-electron chi connectivity index (χ0n) is 13.7. The quantitative estimate of drug-likeness (QED) is 0.906. The van der Waals surface area contributed by atoms with E-state index in [1.807, 2.05) is 11.3 Å². The highest BCUT2D eigenvalue weighted by molar-refractivity contribution is 7.10. The van der Waals surface area contributed by atoms with Gasteiger partial charge < -0.3 is 5.32 Å². The fourth-order valence-corrected chi connectivity index (χ4v) is 4.04. The van der Waals surface area contributed by atoms with Crippen LogP contribution < -0.4 is 5.32 Å². The van der Waals surface area contributed by atoms with Crippen LogP contribution in [-0.2, 0) is 13.0 Å². The van der Waals surface area contributed by atoms with Gasteiger partial charge in [0.1, 0.15) is 0 Å². The summed E-state index contributed by atoms with van der Waals surface area (Å²) < 4.78 is 0. The van der Waals surface area contributed by atoms with Crippen LogP contribution in [0.1, 0.15) is 51.5 Å². The molecule has 2 unspecified atom stereocenters. The molecule has 114 valence electrons. The molecule has 0 aliphatic carbocycles. The second-order valence-corrected chi connectivity index (χ2v) is 8.04. The fourth-order valence-electron chi connectivity index (χ4n) is 3.04. The van der Waals surface area contributed by atoms with Gasteiger partial charge >= 0.3 is 0 Å². The van der Waals surface area contributed by atoms with Crippen molar-refractivity contribution in [3.05, 3.63) is 21.9 Å². The number of thiophene rings is 1. The standard InChI is InChI=1S/C17H30N2S/c1-6-13-8-9-20-15(13)11-19-12-16(17(3,4)5)18-10-14(19)7-2/h8-9,14,16,18H,6-7,10-12H2,1-5H3. The Bertz CT molecular complexity index is 419. The topological polar surface area (TPSA) is 15.3 Å². The highest BCUT2D eigenvalue weighted by Crippen LogP contribution is 2.27. The average Bonchev–Trinajstić information content (AvgIpc) is 2.85. The van der Waals surface area contributed by atoms with E-state index in [0.717, 1.165) is 19.5 Å². The molecule has 20 heavy (non-hydrogen) atoms. The maximum Gasteiger partial charge on any atom is 0.0334 e. The molecule has 1 aliphatic heterocycles. The largest absolute Gasteiger partial charge is 0.311 e. The Morgan fingerprint density at radius 1 is 1.35 bits per heavy atom. The van der Waals surface area contributed by atoms with E-state index in [9.17, 15) is 0 Å². The van der Waals surface area contributed by atoms with Crippen LogP contribution in [0.15, 0.2) is 11.4 Å². The van der Waals surface area contributed by atoms with E-state index >= 15 is 0 Å². The molecule has 1 aliphatic rings. The summed E-state index contributed by atoms with van der Waals surface area (Å²) in [5.74, 6) is 0. The van der Waals surface area contributed by atoms with Crippen LogP contribution in [0.5, 0.6) is 0 Å². The number of hydrogen-bond acceptors (Lipinski definition) is 3. The minimum absolute atomic E-state index is 0.333. The van der Waals surface area contributed by atoms with Gasteiger partial charge in [0.15, 0.2) is 0 Å². The number of rotatable bonds is 4. The van der Waals surface area contributed by atoms with Crippen molar-refractivity contribution in [2.75, 3.05) is 13.1 Å². The van der Waals surface area contributed by atoms with E-state index in [2.05, 4.69) is 56.3 Å². The molecule has 1 aromatic heterocycles. The van der Waals surface area contributed by atoms with Gasteiger partial charge in [-0.15, -0.1) is 11.3 Å². The summed E-state index contributed by atoms with van der Waals surface area (Å²) in [6.45, 7) is 15.0. The number of hydrogen-bond donors (Lipinski definition) is 1. The number of nitrogens with one attached hydrogen (secondary N) is 1. The van der Waals surface area contributed by atoms with Crippen molar-refractivity contribution in [1.29, 1.82) is 0 Å². The smallest absolute Gasteiger partial charge is 0.0334 e. The molecule has 1 fully saturated rings. The maximum absolute atomic E-state index is 3.76. The second-order valence-electron chi connectivity index (χ2n) is 7.04. The first-order valence-electron chi connectivity index (χ1n) is 7.98. The minimum atomic E-state index is 0.333. The molecular formula is C17H30N2S. The highest BCUT2D eigenvalue weighted by atomic mass is 32.1. The summed E-state index contributed by atoms with van der Waals surface area (Å²) in [5.41, 5.74) is 1.87. The van der Waals surface area contributed by atoms with E-state index in [1.165, 1.54) is 18.5 Å². The lowest BCUT2D eigenvalue weighted by molar-refractivity contribution is 0.0781. The molecule has 1 N–H and O–H groups in total. The third-order valence-corrected chi connectivity index (χ3v) is 5.56. The monoisotopic (exact) mass is 294 g/mol. The lowest BCUT2D eigenvalue weighted by Crippen LogP contribution is -2.59. The summed E-state index contributed by atoms with van der Waals surface area (Å²) in [5, 5.41) is 6.01. The van der Waals surface area contributed by atoms with Crippen LogP contribution >= 0.6 is 11.3 Å². The van der Waals surface area contributed by atoms with Crippen LogP contribution in [0.3, 0.4) is 0 Å². The van der Waals surface area contributed by atoms with Crippen molar-refractivity contribution in [2.45, 2.75) is 66.1 Å². The van der Waals surface area contributed by atoms with Gasteiger partial charge in [-0.25, -0.2) is 0 Å². The third kappa shape index (κ3) is 3.63. The van der Waals surface area contributed by atoms with E-state index in [4.69, 9.17) is 0 Å². The molecular weight excluding hydrogens is 264 g/mol. The molecule has 0 aromatic carbocycles. The Morgan fingerprint density at radius 3 is 2.70 bits per heavy atom. The van der Waals surface area contributed by atoms with Crippen molar-refractivity contribution < 1.29 is 0 Å². The van der Waals surface area contributed by atoms with Crippen LogP contribution in [0, 0.1) is 5.41 Å². The van der Waals surface area contributed by atoms with Crippen LogP contribution in [-0.4, -0.2) is 30.1 Å². The van der Waals surface area contributed by atoms with Crippen LogP contribution in [0.4, 0.5) is 0 Å². The lowest BCUT2D eigenvalue weighted by Gasteiger charge is -2.45. The number of piperazine rings is 1. The first-order chi connectivity index (χ1) is 9.45. The Labute approximate surface area is 128 Å². The number of aryl methyl sites for hydroxylation is 1. The lowest BCUT2D eigenvalue weighted by atomic mass is 9.84. The van der Waals surface area contributed by atoms with Crippen LogP contribution in [0.25, 0.3) is 0 Å². The zero-order valence-corrected chi connectivity index (χ0v) is 14.5. The summed E-state index contributed by atoms with van der Waals surface area (Å²) in [6.07, 6.45) is 2.39. The molecule has 0 saturated carbocycles. The Kier molecular flexibility index (Phi) is 5.27. The molecule has 2 nitrogen and oxygen atoms in total. The van der Waals surface area contributed by atoms with Gasteiger partial charge in [-0.2, -0.15) is 0 Å². The Hall–Kier alpha value is -0.380. The zero-order chi connectivity index (χ0) is 14.8. The molecule has 3 heteroatoms. The first kappa shape index (κ1) is 16.0. The average molecular weight is 295 g/mol. The van der Waals surface area contributed by atoms with Gasteiger partial charge in [0.25, 0.3) is 0 Å². The summed E-state index contributed by atoms with van der Waals surface area (Å²) in [4.78, 5) is 4.28. The normalized spacial score (nSPS) is 25.1. The molecule has 1 aromatic rings. The predicted octanol–water partition coefficient (Wildman–Crippen LogP) is 3.91. The van der Waals surface area contributed by atoms with Crippen molar-refractivity contribution in [3.8, 4) is 0 Å². The molecule has 0 amide bonds. The van der Waals surface area contributed by atoms with Crippen molar-refractivity contribution in [2.24, 2.45) is 5.41 Å². The maximum atomic E-state index is 3.76. The molecule has 1 saturated heterocycles. The number of nitrogens with zero attached hydrogens (tertiary/aromatic N) is 1. The second kappa shape index (κ2) is 6.59. The molecule has 0 spiro atoms. The van der Waals surface area contributed by atoms with Crippen molar-refractivity contribution >= 4 is 11.3 Å². The molecule has 2 atom stereocenters. The minimum Gasteiger partial charge on any atom is -0.311 e. The van der Waals surface area contributed by atoms with E-state index in [1.54, 1.807) is 4.88 Å². The molecule has 2 rings (SSSR count). The highest BCUT2D eigenvalue weighted by Gasteiger charge is 2.33. The van der Waals surface area contributed by atoms with Gasteiger partial charge in [-0.3, -0.25) is 4.90 Å². The van der Waals surface area contributed by atoms with E-state index < -0.39 is 0 Å². The summed E-state index contributed by atoms with van der Waals surface area (Å²) in [7, 11) is 0. The fraction of sp³-hybridized carbons (Fsp3) is 0.765. The van der Waals surface area contributed by atoms with Crippen molar-refractivity contribution in [1.82, 2.24) is 10.2 Å². The van der Waals surface area contributed by atoms with E-state index in [-0.39, 0.29) is 0 Å². The first-order valence-corrected chi connectivity index (χ1v) is 8.86. The Balaban J connectivity index is 2.09. The molecule has 0 bridgehead atoms. The van der Waals surface area contributed by atoms with Crippen LogP contribution in [0.2, 0.25) is 0 Å². The SMILES string of the molecule is CCc1ccsc1CN1CC(C(C)(C)C)NCC1CC. The molecule has 2 heterocycles. The van der Waals surface area contributed by atoms with Gasteiger partial charge in [0, 0.05) is 36.6 Å². The van der Waals surface area contributed by atoms with Gasteiger partial charge in [0.2, 0.25) is 0 Å². The van der Waals surface area contributed by atoms with E-state index in [0.29, 0.717) is 17.5 Å². The van der Waals surface area contributed by atoms with Gasteiger partial charge in [-0.1, -0.05) is 34.6 Å². The van der Waals surface area contributed by atoms with Gasteiger partial charge in [0.05, 0.1) is 0 Å². The predicted molar refractivity (Wildman–Crippen MR) is 89.4 cm³/mol. The summed E-state index contributed by atoms with van der Waals surface area (Å²) in [6, 6.07) is 3.57.